The van der Waals surface area contributed by atoms with Crippen molar-refractivity contribution in [2.75, 3.05) is 0 Å². The summed E-state index contributed by atoms with van der Waals surface area (Å²) in [6, 6.07) is 16.7. The highest BCUT2D eigenvalue weighted by Gasteiger charge is 2.08. The normalized spacial score (nSPS) is 12.7. The Morgan fingerprint density at radius 3 is 2.26 bits per heavy atom. The van der Waals surface area contributed by atoms with Crippen LogP contribution in [0.3, 0.4) is 0 Å². The molecule has 2 N–H and O–H groups in total. The van der Waals surface area contributed by atoms with Gasteiger partial charge in [0, 0.05) is 11.1 Å². The number of benzene rings is 2. The van der Waals surface area contributed by atoms with Crippen molar-refractivity contribution in [3.63, 3.8) is 0 Å². The zero-order valence-corrected chi connectivity index (χ0v) is 12.2. The standard InChI is InChI=1S/C17H20ClN/c1-12(2)17(19)10-13-6-8-14(9-7-13)15-4-3-5-16(18)11-15/h3-9,11-12,17H,10,19H2,1-2H3. The second kappa shape index (κ2) is 6.23. The summed E-state index contributed by atoms with van der Waals surface area (Å²) in [6.45, 7) is 4.32. The number of nitrogens with two attached hydrogens (primary N) is 1. The van der Waals surface area contributed by atoms with E-state index < -0.39 is 0 Å². The van der Waals surface area contributed by atoms with E-state index in [0.29, 0.717) is 5.92 Å². The molecule has 0 aromatic heterocycles. The van der Waals surface area contributed by atoms with E-state index in [2.05, 4.69) is 44.2 Å². The first kappa shape index (κ1) is 14.1. The van der Waals surface area contributed by atoms with E-state index in [1.165, 1.54) is 11.1 Å². The Morgan fingerprint density at radius 2 is 1.68 bits per heavy atom. The van der Waals surface area contributed by atoms with Crippen LogP contribution >= 0.6 is 11.6 Å². The summed E-state index contributed by atoms with van der Waals surface area (Å²) >= 11 is 6.01. The zero-order valence-electron chi connectivity index (χ0n) is 11.4. The van der Waals surface area contributed by atoms with Gasteiger partial charge in [0.05, 0.1) is 0 Å². The molecule has 19 heavy (non-hydrogen) atoms. The van der Waals surface area contributed by atoms with Gasteiger partial charge in [0.1, 0.15) is 0 Å². The van der Waals surface area contributed by atoms with Crippen LogP contribution in [0.5, 0.6) is 0 Å². The third kappa shape index (κ3) is 3.82. The van der Waals surface area contributed by atoms with Crippen LogP contribution in [-0.2, 0) is 6.42 Å². The van der Waals surface area contributed by atoms with Crippen LogP contribution in [0.15, 0.2) is 48.5 Å². The van der Waals surface area contributed by atoms with Gasteiger partial charge in [0.2, 0.25) is 0 Å². The molecule has 1 atom stereocenters. The maximum Gasteiger partial charge on any atom is 0.0412 e. The van der Waals surface area contributed by atoms with Gasteiger partial charge < -0.3 is 5.73 Å². The van der Waals surface area contributed by atoms with Gasteiger partial charge >= 0.3 is 0 Å². The first-order chi connectivity index (χ1) is 9.06. The second-order valence-corrected chi connectivity index (χ2v) is 5.76. The molecule has 0 radical (unpaired) electrons. The van der Waals surface area contributed by atoms with Gasteiger partial charge in [-0.05, 0) is 41.2 Å². The average Bonchev–Trinajstić information content (AvgIpc) is 2.39. The summed E-state index contributed by atoms with van der Waals surface area (Å²) in [4.78, 5) is 0. The molecule has 2 aromatic carbocycles. The highest BCUT2D eigenvalue weighted by Crippen LogP contribution is 2.23. The Balaban J connectivity index is 2.14. The molecule has 0 heterocycles. The topological polar surface area (TPSA) is 26.0 Å². The summed E-state index contributed by atoms with van der Waals surface area (Å²) in [5.74, 6) is 0.507. The molecule has 1 unspecified atom stereocenters. The number of hydrogen-bond acceptors (Lipinski definition) is 1. The van der Waals surface area contributed by atoms with Crippen LogP contribution < -0.4 is 5.73 Å². The molecule has 0 aliphatic heterocycles. The van der Waals surface area contributed by atoms with Crippen LogP contribution in [0.2, 0.25) is 5.02 Å². The van der Waals surface area contributed by atoms with Gasteiger partial charge in [-0.1, -0.05) is 61.8 Å². The van der Waals surface area contributed by atoms with Gasteiger partial charge in [-0.25, -0.2) is 0 Å². The minimum atomic E-state index is 0.219. The lowest BCUT2D eigenvalue weighted by atomic mass is 9.96. The Bertz CT molecular complexity index is 531. The van der Waals surface area contributed by atoms with Crippen molar-refractivity contribution in [3.05, 3.63) is 59.1 Å². The first-order valence-corrected chi connectivity index (χ1v) is 7.04. The van der Waals surface area contributed by atoms with Crippen LogP contribution in [0.1, 0.15) is 19.4 Å². The molecule has 0 saturated heterocycles. The summed E-state index contributed by atoms with van der Waals surface area (Å²) < 4.78 is 0. The number of hydrogen-bond donors (Lipinski definition) is 1. The fourth-order valence-electron chi connectivity index (χ4n) is 2.01. The molecule has 2 rings (SSSR count). The number of rotatable bonds is 4. The van der Waals surface area contributed by atoms with Crippen LogP contribution in [-0.4, -0.2) is 6.04 Å². The van der Waals surface area contributed by atoms with Gasteiger partial charge in [0.15, 0.2) is 0 Å². The van der Waals surface area contributed by atoms with Crippen molar-refractivity contribution in [2.24, 2.45) is 11.7 Å². The molecule has 0 fully saturated rings. The molecule has 2 heteroatoms. The smallest absolute Gasteiger partial charge is 0.0412 e. The third-order valence-corrected chi connectivity index (χ3v) is 3.67. The van der Waals surface area contributed by atoms with E-state index in [0.717, 1.165) is 17.0 Å². The predicted molar refractivity (Wildman–Crippen MR) is 83.4 cm³/mol. The molecule has 2 aromatic rings. The van der Waals surface area contributed by atoms with E-state index >= 15 is 0 Å². The Morgan fingerprint density at radius 1 is 1.00 bits per heavy atom. The van der Waals surface area contributed by atoms with Crippen molar-refractivity contribution >= 4 is 11.6 Å². The van der Waals surface area contributed by atoms with E-state index in [1.54, 1.807) is 0 Å². The lowest BCUT2D eigenvalue weighted by Crippen LogP contribution is -2.28. The summed E-state index contributed by atoms with van der Waals surface area (Å²) in [7, 11) is 0. The predicted octanol–water partition coefficient (Wildman–Crippen LogP) is 4.53. The molecule has 0 aliphatic carbocycles. The molecule has 0 spiro atoms. The molecule has 0 bridgehead atoms. The van der Waals surface area contributed by atoms with Gasteiger partial charge in [-0.15, -0.1) is 0 Å². The van der Waals surface area contributed by atoms with E-state index in [-0.39, 0.29) is 6.04 Å². The lowest BCUT2D eigenvalue weighted by Gasteiger charge is -2.15. The van der Waals surface area contributed by atoms with Gasteiger partial charge in [0.25, 0.3) is 0 Å². The molecule has 100 valence electrons. The second-order valence-electron chi connectivity index (χ2n) is 5.32. The van der Waals surface area contributed by atoms with E-state index in [4.69, 9.17) is 17.3 Å². The minimum Gasteiger partial charge on any atom is -0.327 e. The van der Waals surface area contributed by atoms with Crippen molar-refractivity contribution in [1.82, 2.24) is 0 Å². The minimum absolute atomic E-state index is 0.219. The van der Waals surface area contributed by atoms with Crippen LogP contribution in [0, 0.1) is 5.92 Å². The quantitative estimate of drug-likeness (QED) is 0.870. The first-order valence-electron chi connectivity index (χ1n) is 6.66. The van der Waals surface area contributed by atoms with Crippen LogP contribution in [0.4, 0.5) is 0 Å². The highest BCUT2D eigenvalue weighted by molar-refractivity contribution is 6.30. The molecule has 1 nitrogen and oxygen atoms in total. The van der Waals surface area contributed by atoms with Gasteiger partial charge in [-0.3, -0.25) is 0 Å². The molecular formula is C17H20ClN. The maximum absolute atomic E-state index is 6.10. The fraction of sp³-hybridized carbons (Fsp3) is 0.294. The maximum atomic E-state index is 6.10. The highest BCUT2D eigenvalue weighted by atomic mass is 35.5. The summed E-state index contributed by atoms with van der Waals surface area (Å²) in [5, 5.41) is 0.767. The summed E-state index contributed by atoms with van der Waals surface area (Å²) in [6.07, 6.45) is 0.924. The summed E-state index contributed by atoms with van der Waals surface area (Å²) in [5.41, 5.74) is 9.71. The van der Waals surface area contributed by atoms with Crippen molar-refractivity contribution in [3.8, 4) is 11.1 Å². The monoisotopic (exact) mass is 273 g/mol. The van der Waals surface area contributed by atoms with Crippen LogP contribution in [0.25, 0.3) is 11.1 Å². The lowest BCUT2D eigenvalue weighted by molar-refractivity contribution is 0.490. The van der Waals surface area contributed by atoms with Crippen molar-refractivity contribution < 1.29 is 0 Å². The van der Waals surface area contributed by atoms with Crippen molar-refractivity contribution in [2.45, 2.75) is 26.3 Å². The molecular weight excluding hydrogens is 254 g/mol. The number of halogens is 1. The van der Waals surface area contributed by atoms with Gasteiger partial charge in [-0.2, -0.15) is 0 Å². The molecule has 0 amide bonds. The SMILES string of the molecule is CC(C)C(N)Cc1ccc(-c2cccc(Cl)c2)cc1. The molecule has 0 aliphatic rings. The zero-order chi connectivity index (χ0) is 13.8. The van der Waals surface area contributed by atoms with Crippen molar-refractivity contribution in [1.29, 1.82) is 0 Å². The third-order valence-electron chi connectivity index (χ3n) is 3.44. The Labute approximate surface area is 120 Å². The average molecular weight is 274 g/mol. The van der Waals surface area contributed by atoms with E-state index in [1.807, 2.05) is 18.2 Å². The fourth-order valence-corrected chi connectivity index (χ4v) is 2.20. The molecule has 0 saturated carbocycles. The Hall–Kier alpha value is -1.31. The van der Waals surface area contributed by atoms with E-state index in [9.17, 15) is 0 Å². The largest absolute Gasteiger partial charge is 0.327 e. The Kier molecular flexibility index (Phi) is 4.62.